The summed E-state index contributed by atoms with van der Waals surface area (Å²) in [6, 6.07) is 6.08. The van der Waals surface area contributed by atoms with Gasteiger partial charge in [-0.1, -0.05) is 12.1 Å². The van der Waals surface area contributed by atoms with Crippen molar-refractivity contribution in [1.29, 1.82) is 0 Å². The molecule has 4 nitrogen and oxygen atoms in total. The minimum absolute atomic E-state index is 0.163. The average molecular weight is 239 g/mol. The Kier molecular flexibility index (Phi) is 5.13. The van der Waals surface area contributed by atoms with E-state index in [4.69, 9.17) is 0 Å². The van der Waals surface area contributed by atoms with Crippen LogP contribution in [0, 0.1) is 5.82 Å². The van der Waals surface area contributed by atoms with Crippen molar-refractivity contribution in [3.63, 3.8) is 0 Å². The molecule has 0 aliphatic heterocycles. The molecule has 5 heteroatoms. The summed E-state index contributed by atoms with van der Waals surface area (Å²) in [6.07, 6.45) is 0.461. The number of carbonyl (C=O) groups is 2. The zero-order valence-corrected chi connectivity index (χ0v) is 9.53. The van der Waals surface area contributed by atoms with Gasteiger partial charge in [0.15, 0.2) is 0 Å². The Balaban J connectivity index is 2.33. The van der Waals surface area contributed by atoms with Gasteiger partial charge in [0, 0.05) is 6.54 Å². The maximum absolute atomic E-state index is 12.8. The number of benzene rings is 1. The molecular formula is C12H14FNO3. The predicted octanol–water partition coefficient (Wildman–Crippen LogP) is 1.05. The predicted molar refractivity (Wildman–Crippen MR) is 59.7 cm³/mol. The fourth-order valence-electron chi connectivity index (χ4n) is 1.28. The molecule has 0 atom stereocenters. The SMILES string of the molecule is CCOC(=O)C(=O)NCCc1cccc(F)c1. The molecule has 0 saturated carbocycles. The topological polar surface area (TPSA) is 55.4 Å². The van der Waals surface area contributed by atoms with Crippen LogP contribution in [0.4, 0.5) is 4.39 Å². The number of amides is 1. The van der Waals surface area contributed by atoms with E-state index in [2.05, 4.69) is 10.1 Å². The first kappa shape index (κ1) is 13.2. The van der Waals surface area contributed by atoms with Crippen LogP contribution in [0.25, 0.3) is 0 Å². The van der Waals surface area contributed by atoms with Gasteiger partial charge in [0.25, 0.3) is 0 Å². The summed E-state index contributed by atoms with van der Waals surface area (Å²) >= 11 is 0. The van der Waals surface area contributed by atoms with E-state index >= 15 is 0 Å². The highest BCUT2D eigenvalue weighted by atomic mass is 19.1. The van der Waals surface area contributed by atoms with Crippen molar-refractivity contribution in [3.8, 4) is 0 Å². The highest BCUT2D eigenvalue weighted by Crippen LogP contribution is 2.03. The molecular weight excluding hydrogens is 225 g/mol. The summed E-state index contributed by atoms with van der Waals surface area (Å²) in [5.41, 5.74) is 0.758. The van der Waals surface area contributed by atoms with Crippen molar-refractivity contribution in [3.05, 3.63) is 35.6 Å². The Morgan fingerprint density at radius 2 is 2.18 bits per heavy atom. The monoisotopic (exact) mass is 239 g/mol. The molecule has 0 fully saturated rings. The third-order valence-electron chi connectivity index (χ3n) is 2.05. The molecule has 1 N–H and O–H groups in total. The number of rotatable bonds is 4. The lowest BCUT2D eigenvalue weighted by Crippen LogP contribution is -2.33. The van der Waals surface area contributed by atoms with Gasteiger partial charge in [0.1, 0.15) is 5.82 Å². The Hall–Kier alpha value is -1.91. The van der Waals surface area contributed by atoms with Crippen LogP contribution in [0.15, 0.2) is 24.3 Å². The number of esters is 1. The van der Waals surface area contributed by atoms with Crippen molar-refractivity contribution >= 4 is 11.9 Å². The van der Waals surface area contributed by atoms with Crippen molar-refractivity contribution in [2.24, 2.45) is 0 Å². The maximum Gasteiger partial charge on any atom is 0.396 e. The summed E-state index contributed by atoms with van der Waals surface area (Å²) < 4.78 is 17.3. The Morgan fingerprint density at radius 1 is 1.41 bits per heavy atom. The second-order valence-electron chi connectivity index (χ2n) is 3.36. The molecule has 0 aliphatic rings. The molecule has 0 unspecified atom stereocenters. The minimum Gasteiger partial charge on any atom is -0.459 e. The van der Waals surface area contributed by atoms with Crippen molar-refractivity contribution in [2.45, 2.75) is 13.3 Å². The van der Waals surface area contributed by atoms with Gasteiger partial charge in [-0.15, -0.1) is 0 Å². The summed E-state index contributed by atoms with van der Waals surface area (Å²) in [4.78, 5) is 22.1. The highest BCUT2D eigenvalue weighted by molar-refractivity contribution is 6.32. The van der Waals surface area contributed by atoms with Crippen LogP contribution in [-0.2, 0) is 20.7 Å². The molecule has 1 aromatic carbocycles. The first-order valence-electron chi connectivity index (χ1n) is 5.33. The van der Waals surface area contributed by atoms with Crippen molar-refractivity contribution in [1.82, 2.24) is 5.32 Å². The third kappa shape index (κ3) is 4.63. The largest absolute Gasteiger partial charge is 0.459 e. The fourth-order valence-corrected chi connectivity index (χ4v) is 1.28. The molecule has 0 radical (unpaired) electrons. The number of ether oxygens (including phenoxy) is 1. The number of halogens is 1. The van der Waals surface area contributed by atoms with Gasteiger partial charge in [0.2, 0.25) is 0 Å². The van der Waals surface area contributed by atoms with E-state index in [9.17, 15) is 14.0 Å². The third-order valence-corrected chi connectivity index (χ3v) is 2.05. The van der Waals surface area contributed by atoms with Crippen LogP contribution in [0.1, 0.15) is 12.5 Å². The second kappa shape index (κ2) is 6.62. The molecule has 1 amide bonds. The summed E-state index contributed by atoms with van der Waals surface area (Å²) in [5.74, 6) is -1.99. The standard InChI is InChI=1S/C12H14FNO3/c1-2-17-12(16)11(15)14-7-6-9-4-3-5-10(13)8-9/h3-5,8H,2,6-7H2,1H3,(H,14,15). The van der Waals surface area contributed by atoms with E-state index in [0.29, 0.717) is 6.42 Å². The smallest absolute Gasteiger partial charge is 0.396 e. The van der Waals surface area contributed by atoms with Crippen LogP contribution < -0.4 is 5.32 Å². The molecule has 0 aromatic heterocycles. The van der Waals surface area contributed by atoms with Gasteiger partial charge >= 0.3 is 11.9 Å². The zero-order chi connectivity index (χ0) is 12.7. The molecule has 1 aromatic rings. The summed E-state index contributed by atoms with van der Waals surface area (Å²) in [5, 5.41) is 2.40. The first-order valence-corrected chi connectivity index (χ1v) is 5.33. The molecule has 0 spiro atoms. The van der Waals surface area contributed by atoms with E-state index in [-0.39, 0.29) is 19.0 Å². The molecule has 1 rings (SSSR count). The van der Waals surface area contributed by atoms with E-state index in [0.717, 1.165) is 5.56 Å². The van der Waals surface area contributed by atoms with E-state index in [1.165, 1.54) is 12.1 Å². The van der Waals surface area contributed by atoms with Gasteiger partial charge in [-0.05, 0) is 31.0 Å². The van der Waals surface area contributed by atoms with Gasteiger partial charge in [-0.3, -0.25) is 4.79 Å². The number of nitrogens with one attached hydrogen (secondary N) is 1. The molecule has 0 bridgehead atoms. The van der Waals surface area contributed by atoms with Crippen LogP contribution in [0.5, 0.6) is 0 Å². The van der Waals surface area contributed by atoms with Crippen LogP contribution in [0.3, 0.4) is 0 Å². The molecule has 17 heavy (non-hydrogen) atoms. The first-order chi connectivity index (χ1) is 8.13. The van der Waals surface area contributed by atoms with Crippen molar-refractivity contribution < 1.29 is 18.7 Å². The zero-order valence-electron chi connectivity index (χ0n) is 9.53. The van der Waals surface area contributed by atoms with Gasteiger partial charge in [-0.25, -0.2) is 9.18 Å². The molecule has 0 aliphatic carbocycles. The van der Waals surface area contributed by atoms with Crippen LogP contribution in [0.2, 0.25) is 0 Å². The van der Waals surface area contributed by atoms with Crippen molar-refractivity contribution in [2.75, 3.05) is 13.2 Å². The maximum atomic E-state index is 12.8. The molecule has 92 valence electrons. The lowest BCUT2D eigenvalue weighted by atomic mass is 10.1. The van der Waals surface area contributed by atoms with Gasteiger partial charge in [0.05, 0.1) is 6.61 Å². The quantitative estimate of drug-likeness (QED) is 0.631. The lowest BCUT2D eigenvalue weighted by molar-refractivity contribution is -0.154. The number of hydrogen-bond donors (Lipinski definition) is 1. The fraction of sp³-hybridized carbons (Fsp3) is 0.333. The summed E-state index contributed by atoms with van der Waals surface area (Å²) in [7, 11) is 0. The lowest BCUT2D eigenvalue weighted by Gasteiger charge is -2.04. The molecule has 0 heterocycles. The second-order valence-corrected chi connectivity index (χ2v) is 3.36. The number of carbonyl (C=O) groups excluding carboxylic acids is 2. The van der Waals surface area contributed by atoms with E-state index < -0.39 is 11.9 Å². The number of hydrogen-bond acceptors (Lipinski definition) is 3. The van der Waals surface area contributed by atoms with Crippen LogP contribution in [-0.4, -0.2) is 25.0 Å². The summed E-state index contributed by atoms with van der Waals surface area (Å²) in [6.45, 7) is 2.05. The average Bonchev–Trinajstić information content (AvgIpc) is 2.29. The Bertz CT molecular complexity index is 406. The molecule has 0 saturated heterocycles. The van der Waals surface area contributed by atoms with E-state index in [1.54, 1.807) is 19.1 Å². The highest BCUT2D eigenvalue weighted by Gasteiger charge is 2.13. The van der Waals surface area contributed by atoms with E-state index in [1.807, 2.05) is 0 Å². The Labute approximate surface area is 98.8 Å². The van der Waals surface area contributed by atoms with Crippen LogP contribution >= 0.6 is 0 Å². The van der Waals surface area contributed by atoms with Gasteiger partial charge < -0.3 is 10.1 Å². The van der Waals surface area contributed by atoms with Gasteiger partial charge in [-0.2, -0.15) is 0 Å². The Morgan fingerprint density at radius 3 is 2.82 bits per heavy atom. The normalized spacial score (nSPS) is 9.76. The minimum atomic E-state index is -0.897.